The van der Waals surface area contributed by atoms with Crippen molar-refractivity contribution in [3.05, 3.63) is 11.6 Å². The Hall–Kier alpha value is -1.85. The number of carbonyl (C=O) groups excluding carboxylic acids is 3. The van der Waals surface area contributed by atoms with Crippen LogP contribution in [0.2, 0.25) is 0 Å². The van der Waals surface area contributed by atoms with E-state index in [0.29, 0.717) is 24.0 Å². The van der Waals surface area contributed by atoms with Gasteiger partial charge in [0.25, 0.3) is 0 Å². The van der Waals surface area contributed by atoms with Gasteiger partial charge in [-0.3, -0.25) is 9.59 Å². The minimum Gasteiger partial charge on any atom is -0.463 e. The molecule has 1 N–H and O–H groups in total. The molecule has 0 aromatic rings. The quantitative estimate of drug-likeness (QED) is 0.346. The number of nitrogens with one attached hydrogen (secondary N) is 1. The van der Waals surface area contributed by atoms with E-state index in [2.05, 4.69) is 19.2 Å². The van der Waals surface area contributed by atoms with E-state index in [1.165, 1.54) is 6.42 Å². The number of likely N-dealkylation sites (N-methyl/N-ethyl adjacent to an activating group) is 1. The summed E-state index contributed by atoms with van der Waals surface area (Å²) in [6.45, 7) is 16.2. The highest BCUT2D eigenvalue weighted by Gasteiger charge is 2.37. The fourth-order valence-electron chi connectivity index (χ4n) is 4.93. The van der Waals surface area contributed by atoms with Gasteiger partial charge in [-0.1, -0.05) is 66.9 Å². The van der Waals surface area contributed by atoms with E-state index in [4.69, 9.17) is 4.74 Å². The van der Waals surface area contributed by atoms with Crippen molar-refractivity contribution in [1.82, 2.24) is 10.2 Å². The first-order valence-electron chi connectivity index (χ1n) is 12.9. The average molecular weight is 465 g/mol. The van der Waals surface area contributed by atoms with Crippen LogP contribution in [0.4, 0.5) is 0 Å². The highest BCUT2D eigenvalue weighted by atomic mass is 16.5. The number of rotatable bonds is 11. The van der Waals surface area contributed by atoms with Crippen LogP contribution < -0.4 is 5.32 Å². The van der Waals surface area contributed by atoms with Gasteiger partial charge < -0.3 is 15.0 Å². The van der Waals surface area contributed by atoms with E-state index in [1.807, 2.05) is 27.7 Å². The van der Waals surface area contributed by atoms with Gasteiger partial charge in [-0.25, -0.2) is 4.79 Å². The van der Waals surface area contributed by atoms with Crippen LogP contribution in [0.25, 0.3) is 0 Å². The van der Waals surface area contributed by atoms with Gasteiger partial charge in [0.05, 0.1) is 12.6 Å². The summed E-state index contributed by atoms with van der Waals surface area (Å²) in [4.78, 5) is 40.7. The van der Waals surface area contributed by atoms with Gasteiger partial charge in [0.2, 0.25) is 11.8 Å². The standard InChI is InChI=1S/C27H48N2O4/c1-10-19(7)21-14-12-13-15-22(21)25(30)28-24(18(5)6)26(31)29(9)23(17(3)4)16-20(8)27(32)33-11-2/h16-19,21-24H,10-15H2,1-9H3,(H,28,30)/t19?,21?,22-,23+,24?/m0/s1. The molecular formula is C27H48N2O4. The number of hydrogen-bond acceptors (Lipinski definition) is 4. The second-order valence-corrected chi connectivity index (χ2v) is 10.4. The van der Waals surface area contributed by atoms with Crippen LogP contribution in [0.5, 0.6) is 0 Å². The molecule has 0 aliphatic heterocycles. The first kappa shape index (κ1) is 29.2. The van der Waals surface area contributed by atoms with Crippen molar-refractivity contribution >= 4 is 17.8 Å². The highest BCUT2D eigenvalue weighted by molar-refractivity contribution is 5.90. The summed E-state index contributed by atoms with van der Waals surface area (Å²) in [6, 6.07) is -0.873. The molecule has 1 aliphatic carbocycles. The fraction of sp³-hybridized carbons (Fsp3) is 0.815. The van der Waals surface area contributed by atoms with Crippen molar-refractivity contribution in [2.45, 2.75) is 99.6 Å². The molecule has 3 unspecified atom stereocenters. The minimum absolute atomic E-state index is 0.0137. The molecule has 0 heterocycles. The van der Waals surface area contributed by atoms with E-state index < -0.39 is 6.04 Å². The summed E-state index contributed by atoms with van der Waals surface area (Å²) in [6.07, 6.45) is 7.09. The third kappa shape index (κ3) is 8.15. The van der Waals surface area contributed by atoms with Gasteiger partial charge >= 0.3 is 5.97 Å². The lowest BCUT2D eigenvalue weighted by Crippen LogP contribution is -2.55. The number of ether oxygens (including phenoxy) is 1. The van der Waals surface area contributed by atoms with Crippen LogP contribution in [0.3, 0.4) is 0 Å². The van der Waals surface area contributed by atoms with Gasteiger partial charge in [0, 0.05) is 18.5 Å². The molecule has 6 nitrogen and oxygen atoms in total. The Balaban J connectivity index is 3.07. The van der Waals surface area contributed by atoms with Gasteiger partial charge in [0.15, 0.2) is 0 Å². The number of amides is 2. The van der Waals surface area contributed by atoms with E-state index in [9.17, 15) is 14.4 Å². The molecular weight excluding hydrogens is 416 g/mol. The highest BCUT2D eigenvalue weighted by Crippen LogP contribution is 2.36. The summed E-state index contributed by atoms with van der Waals surface area (Å²) in [7, 11) is 1.76. The second kappa shape index (κ2) is 13.8. The largest absolute Gasteiger partial charge is 0.463 e. The van der Waals surface area contributed by atoms with Crippen LogP contribution in [-0.4, -0.2) is 48.4 Å². The lowest BCUT2D eigenvalue weighted by molar-refractivity contribution is -0.140. The maximum Gasteiger partial charge on any atom is 0.333 e. The first-order chi connectivity index (χ1) is 15.5. The van der Waals surface area contributed by atoms with Gasteiger partial charge in [0.1, 0.15) is 6.04 Å². The van der Waals surface area contributed by atoms with Crippen molar-refractivity contribution in [3.8, 4) is 0 Å². The minimum atomic E-state index is -0.598. The Morgan fingerprint density at radius 2 is 1.64 bits per heavy atom. The number of esters is 1. The number of hydrogen-bond donors (Lipinski definition) is 1. The molecule has 6 heteroatoms. The molecule has 1 fully saturated rings. The van der Waals surface area contributed by atoms with E-state index in [1.54, 1.807) is 31.9 Å². The van der Waals surface area contributed by atoms with E-state index in [-0.39, 0.29) is 41.6 Å². The van der Waals surface area contributed by atoms with Crippen LogP contribution in [0, 0.1) is 29.6 Å². The average Bonchev–Trinajstić information content (AvgIpc) is 2.78. The SMILES string of the molecule is CCOC(=O)C(C)=C[C@H](C(C)C)N(C)C(=O)C(NC(=O)[C@H]1CCCCC1C(C)CC)C(C)C. The maximum absolute atomic E-state index is 13.6. The predicted molar refractivity (Wildman–Crippen MR) is 133 cm³/mol. The lowest BCUT2D eigenvalue weighted by atomic mass is 9.71. The summed E-state index contributed by atoms with van der Waals surface area (Å²) >= 11 is 0. The Bertz CT molecular complexity index is 686. The summed E-state index contributed by atoms with van der Waals surface area (Å²) in [5, 5.41) is 3.12. The smallest absolute Gasteiger partial charge is 0.333 e. The topological polar surface area (TPSA) is 75.7 Å². The third-order valence-electron chi connectivity index (χ3n) is 7.26. The molecule has 0 spiro atoms. The van der Waals surface area contributed by atoms with Crippen molar-refractivity contribution < 1.29 is 19.1 Å². The Morgan fingerprint density at radius 1 is 1.03 bits per heavy atom. The summed E-state index contributed by atoms with van der Waals surface area (Å²) in [5.41, 5.74) is 0.485. The number of nitrogens with zero attached hydrogens (tertiary/aromatic N) is 1. The maximum atomic E-state index is 13.6. The van der Waals surface area contributed by atoms with E-state index in [0.717, 1.165) is 25.7 Å². The zero-order valence-electron chi connectivity index (χ0n) is 22.4. The third-order valence-corrected chi connectivity index (χ3v) is 7.26. The van der Waals surface area contributed by atoms with E-state index >= 15 is 0 Å². The molecule has 5 atom stereocenters. The second-order valence-electron chi connectivity index (χ2n) is 10.4. The van der Waals surface area contributed by atoms with Crippen LogP contribution in [-0.2, 0) is 19.1 Å². The van der Waals surface area contributed by atoms with Crippen molar-refractivity contribution in [3.63, 3.8) is 0 Å². The zero-order chi connectivity index (χ0) is 25.3. The van der Waals surface area contributed by atoms with Gasteiger partial charge in [-0.15, -0.1) is 0 Å². The van der Waals surface area contributed by atoms with Crippen molar-refractivity contribution in [2.75, 3.05) is 13.7 Å². The Labute approximate surface area is 201 Å². The molecule has 190 valence electrons. The summed E-state index contributed by atoms with van der Waals surface area (Å²) in [5.74, 6) is 0.422. The molecule has 0 radical (unpaired) electrons. The van der Waals surface area contributed by atoms with Crippen LogP contribution >= 0.6 is 0 Å². The Kier molecular flexibility index (Phi) is 12.2. The predicted octanol–water partition coefficient (Wildman–Crippen LogP) is 4.97. The van der Waals surface area contributed by atoms with Gasteiger partial charge in [-0.2, -0.15) is 0 Å². The summed E-state index contributed by atoms with van der Waals surface area (Å²) < 4.78 is 5.10. The molecule has 2 amide bonds. The molecule has 0 saturated heterocycles. The molecule has 33 heavy (non-hydrogen) atoms. The zero-order valence-corrected chi connectivity index (χ0v) is 22.4. The lowest BCUT2D eigenvalue weighted by Gasteiger charge is -2.37. The normalized spacial score (nSPS) is 22.0. The van der Waals surface area contributed by atoms with Crippen LogP contribution in [0.15, 0.2) is 11.6 Å². The van der Waals surface area contributed by atoms with Gasteiger partial charge in [-0.05, 0) is 50.4 Å². The van der Waals surface area contributed by atoms with Crippen LogP contribution in [0.1, 0.15) is 87.5 Å². The Morgan fingerprint density at radius 3 is 2.15 bits per heavy atom. The molecule has 0 bridgehead atoms. The fourth-order valence-corrected chi connectivity index (χ4v) is 4.93. The van der Waals surface area contributed by atoms with Crippen molar-refractivity contribution in [2.24, 2.45) is 29.6 Å². The van der Waals surface area contributed by atoms with Crippen molar-refractivity contribution in [1.29, 1.82) is 0 Å². The molecule has 0 aromatic carbocycles. The monoisotopic (exact) mass is 464 g/mol. The molecule has 1 aliphatic rings. The molecule has 1 rings (SSSR count). The first-order valence-corrected chi connectivity index (χ1v) is 12.9. The number of carbonyl (C=O) groups is 3. The molecule has 1 saturated carbocycles. The molecule has 0 aromatic heterocycles.